The van der Waals surface area contributed by atoms with Gasteiger partial charge in [0.05, 0.1) is 22.4 Å². The van der Waals surface area contributed by atoms with Crippen LogP contribution in [0.4, 0.5) is 0 Å². The molecule has 0 aliphatic carbocycles. The van der Waals surface area contributed by atoms with Gasteiger partial charge in [-0.3, -0.25) is 0 Å². The standard InChI is InChI=1S/C46H30N2/c1-4-12-31(13-5-1)36-28-37(32-14-6-2-7-15-32)30-38(29-36)39-24-25-42(41-19-11-10-18-40(39)41)44-27-23-35-21-20-34-22-26-43(33-16-8-3-9-17-33)47-45(34)46(35)48-44/h1-30H. The first-order chi connectivity index (χ1) is 23.8. The molecule has 0 saturated heterocycles. The van der Waals surface area contributed by atoms with Crippen molar-refractivity contribution in [3.05, 3.63) is 182 Å². The van der Waals surface area contributed by atoms with Crippen molar-refractivity contribution in [2.45, 2.75) is 0 Å². The Morgan fingerprint density at radius 3 is 1.27 bits per heavy atom. The van der Waals surface area contributed by atoms with E-state index in [1.807, 2.05) is 6.07 Å². The monoisotopic (exact) mass is 610 g/mol. The van der Waals surface area contributed by atoms with Crippen LogP contribution in [0.2, 0.25) is 0 Å². The molecule has 0 unspecified atom stereocenters. The van der Waals surface area contributed by atoms with Gasteiger partial charge in [-0.1, -0.05) is 152 Å². The predicted molar refractivity (Wildman–Crippen MR) is 202 cm³/mol. The highest BCUT2D eigenvalue weighted by atomic mass is 14.8. The molecule has 2 nitrogen and oxygen atoms in total. The van der Waals surface area contributed by atoms with Crippen molar-refractivity contribution in [1.29, 1.82) is 0 Å². The lowest BCUT2D eigenvalue weighted by Gasteiger charge is -2.15. The molecule has 224 valence electrons. The Hall–Kier alpha value is -6.38. The average Bonchev–Trinajstić information content (AvgIpc) is 3.18. The minimum absolute atomic E-state index is 0.916. The topological polar surface area (TPSA) is 25.8 Å². The van der Waals surface area contributed by atoms with E-state index in [1.54, 1.807) is 0 Å². The summed E-state index contributed by atoms with van der Waals surface area (Å²) in [4.78, 5) is 10.4. The molecular weight excluding hydrogens is 581 g/mol. The predicted octanol–water partition coefficient (Wildman–Crippen LogP) is 12.3. The van der Waals surface area contributed by atoms with Crippen molar-refractivity contribution in [3.63, 3.8) is 0 Å². The Kier molecular flexibility index (Phi) is 6.84. The van der Waals surface area contributed by atoms with E-state index in [2.05, 4.69) is 176 Å². The van der Waals surface area contributed by atoms with Crippen LogP contribution in [0.25, 0.3) is 88.5 Å². The molecule has 2 heteroatoms. The van der Waals surface area contributed by atoms with E-state index in [4.69, 9.17) is 9.97 Å². The molecular formula is C46H30N2. The Morgan fingerprint density at radius 2 is 0.688 bits per heavy atom. The maximum absolute atomic E-state index is 5.31. The second kappa shape index (κ2) is 11.8. The number of hydrogen-bond acceptors (Lipinski definition) is 2. The summed E-state index contributed by atoms with van der Waals surface area (Å²) in [6.45, 7) is 0. The molecule has 0 radical (unpaired) electrons. The zero-order valence-corrected chi connectivity index (χ0v) is 26.2. The Morgan fingerprint density at radius 1 is 0.271 bits per heavy atom. The SMILES string of the molecule is c1ccc(-c2cc(-c3ccccc3)cc(-c3ccc(-c4ccc5ccc6ccc(-c7ccccc7)nc6c5n4)c4ccccc34)c2)cc1. The third-order valence-electron chi connectivity index (χ3n) is 9.25. The van der Waals surface area contributed by atoms with Crippen molar-refractivity contribution < 1.29 is 0 Å². The summed E-state index contributed by atoms with van der Waals surface area (Å²) < 4.78 is 0. The van der Waals surface area contributed by atoms with Gasteiger partial charge in [-0.2, -0.15) is 0 Å². The lowest BCUT2D eigenvalue weighted by molar-refractivity contribution is 1.37. The van der Waals surface area contributed by atoms with Crippen LogP contribution in [0.1, 0.15) is 0 Å². The van der Waals surface area contributed by atoms with Gasteiger partial charge >= 0.3 is 0 Å². The van der Waals surface area contributed by atoms with E-state index in [0.29, 0.717) is 0 Å². The highest BCUT2D eigenvalue weighted by molar-refractivity contribution is 6.08. The van der Waals surface area contributed by atoms with Crippen LogP contribution < -0.4 is 0 Å². The number of fused-ring (bicyclic) bond motifs is 4. The van der Waals surface area contributed by atoms with Gasteiger partial charge in [0, 0.05) is 21.9 Å². The smallest absolute Gasteiger partial charge is 0.0972 e. The van der Waals surface area contributed by atoms with Crippen molar-refractivity contribution in [3.8, 4) is 55.9 Å². The summed E-state index contributed by atoms with van der Waals surface area (Å²) in [5.74, 6) is 0. The van der Waals surface area contributed by atoms with Crippen LogP contribution in [0.5, 0.6) is 0 Å². The third kappa shape index (κ3) is 5.01. The maximum Gasteiger partial charge on any atom is 0.0972 e. The molecule has 0 fully saturated rings. The Balaban J connectivity index is 1.22. The molecule has 0 amide bonds. The van der Waals surface area contributed by atoms with Gasteiger partial charge in [0.2, 0.25) is 0 Å². The first-order valence-corrected chi connectivity index (χ1v) is 16.3. The Bertz CT molecular complexity index is 2530. The number of rotatable bonds is 5. The second-order valence-electron chi connectivity index (χ2n) is 12.2. The molecule has 9 aromatic rings. The number of nitrogens with zero attached hydrogens (tertiary/aromatic N) is 2. The molecule has 0 saturated carbocycles. The molecule has 0 atom stereocenters. The van der Waals surface area contributed by atoms with Crippen LogP contribution in [0.15, 0.2) is 182 Å². The van der Waals surface area contributed by atoms with E-state index in [1.165, 1.54) is 44.2 Å². The lowest BCUT2D eigenvalue weighted by atomic mass is 9.89. The fourth-order valence-corrected chi connectivity index (χ4v) is 6.84. The first-order valence-electron chi connectivity index (χ1n) is 16.3. The van der Waals surface area contributed by atoms with E-state index in [0.717, 1.165) is 44.3 Å². The van der Waals surface area contributed by atoms with Gasteiger partial charge in [-0.15, -0.1) is 0 Å². The van der Waals surface area contributed by atoms with E-state index in [9.17, 15) is 0 Å². The molecule has 7 aromatic carbocycles. The minimum atomic E-state index is 0.916. The van der Waals surface area contributed by atoms with Gasteiger partial charge in [-0.25, -0.2) is 9.97 Å². The molecule has 2 heterocycles. The second-order valence-corrected chi connectivity index (χ2v) is 12.2. The molecule has 9 rings (SSSR count). The van der Waals surface area contributed by atoms with Crippen molar-refractivity contribution in [2.24, 2.45) is 0 Å². The van der Waals surface area contributed by atoms with Crippen LogP contribution in [0.3, 0.4) is 0 Å². The summed E-state index contributed by atoms with van der Waals surface area (Å²) in [6.07, 6.45) is 0. The fraction of sp³-hybridized carbons (Fsp3) is 0. The molecule has 0 bridgehead atoms. The molecule has 2 aromatic heterocycles. The van der Waals surface area contributed by atoms with Crippen molar-refractivity contribution in [1.82, 2.24) is 9.97 Å². The molecule has 48 heavy (non-hydrogen) atoms. The normalized spacial score (nSPS) is 11.3. The third-order valence-corrected chi connectivity index (χ3v) is 9.25. The summed E-state index contributed by atoms with van der Waals surface area (Å²) in [7, 11) is 0. The van der Waals surface area contributed by atoms with Crippen LogP contribution in [-0.2, 0) is 0 Å². The highest BCUT2D eigenvalue weighted by Gasteiger charge is 2.15. The van der Waals surface area contributed by atoms with Gasteiger partial charge in [-0.05, 0) is 74.5 Å². The lowest BCUT2D eigenvalue weighted by Crippen LogP contribution is -1.92. The number of hydrogen-bond donors (Lipinski definition) is 0. The zero-order valence-electron chi connectivity index (χ0n) is 26.2. The highest BCUT2D eigenvalue weighted by Crippen LogP contribution is 2.39. The summed E-state index contributed by atoms with van der Waals surface area (Å²) in [5.41, 5.74) is 13.1. The van der Waals surface area contributed by atoms with Crippen LogP contribution in [-0.4, -0.2) is 9.97 Å². The summed E-state index contributed by atoms with van der Waals surface area (Å²) in [6, 6.07) is 64.6. The van der Waals surface area contributed by atoms with E-state index < -0.39 is 0 Å². The van der Waals surface area contributed by atoms with E-state index in [-0.39, 0.29) is 0 Å². The van der Waals surface area contributed by atoms with Gasteiger partial charge in [0.25, 0.3) is 0 Å². The largest absolute Gasteiger partial charge is 0.245 e. The minimum Gasteiger partial charge on any atom is -0.245 e. The van der Waals surface area contributed by atoms with E-state index >= 15 is 0 Å². The molecule has 0 aliphatic rings. The molecule has 0 N–H and O–H groups in total. The van der Waals surface area contributed by atoms with Crippen molar-refractivity contribution in [2.75, 3.05) is 0 Å². The fourth-order valence-electron chi connectivity index (χ4n) is 6.84. The number of aromatic nitrogens is 2. The quantitative estimate of drug-likeness (QED) is 0.181. The van der Waals surface area contributed by atoms with Crippen LogP contribution >= 0.6 is 0 Å². The van der Waals surface area contributed by atoms with Crippen molar-refractivity contribution >= 4 is 32.6 Å². The Labute approximate surface area is 279 Å². The number of pyridine rings is 2. The van der Waals surface area contributed by atoms with Gasteiger partial charge in [0.15, 0.2) is 0 Å². The molecule has 0 spiro atoms. The average molecular weight is 611 g/mol. The maximum atomic E-state index is 5.31. The molecule has 0 aliphatic heterocycles. The zero-order chi connectivity index (χ0) is 31.9. The van der Waals surface area contributed by atoms with Gasteiger partial charge in [0.1, 0.15) is 0 Å². The van der Waals surface area contributed by atoms with Crippen LogP contribution in [0, 0.1) is 0 Å². The van der Waals surface area contributed by atoms with Gasteiger partial charge < -0.3 is 0 Å². The number of benzene rings is 7. The summed E-state index contributed by atoms with van der Waals surface area (Å²) in [5, 5.41) is 4.53. The first kappa shape index (κ1) is 27.9. The summed E-state index contributed by atoms with van der Waals surface area (Å²) >= 11 is 0.